The Balaban J connectivity index is 1.23. The van der Waals surface area contributed by atoms with E-state index in [2.05, 4.69) is 25.2 Å². The molecule has 1 fully saturated rings. The molecule has 3 aromatic heterocycles. The topological polar surface area (TPSA) is 102 Å². The molecule has 0 aromatic carbocycles. The number of nitrogens with zero attached hydrogens (tertiary/aromatic N) is 8. The lowest BCUT2D eigenvalue weighted by Crippen LogP contribution is -2.59. The smallest absolute Gasteiger partial charge is 0.341 e. The molecule has 1 atom stereocenters. The maximum atomic E-state index is 14.2. The minimum absolute atomic E-state index is 0.184. The molecule has 12 heteroatoms. The molecular formula is C20H18F2N8O2. The molecule has 0 spiro atoms. The lowest BCUT2D eigenvalue weighted by molar-refractivity contribution is 0.0230. The van der Waals surface area contributed by atoms with Crippen molar-refractivity contribution in [1.29, 1.82) is 0 Å². The molecule has 2 aliphatic heterocycles. The van der Waals surface area contributed by atoms with Crippen LogP contribution in [0.25, 0.3) is 11.5 Å². The summed E-state index contributed by atoms with van der Waals surface area (Å²) in [6, 6.07) is 2.28. The van der Waals surface area contributed by atoms with Gasteiger partial charge in [0.25, 0.3) is 5.88 Å². The molecule has 3 aromatic rings. The highest BCUT2D eigenvalue weighted by Crippen LogP contribution is 2.31. The quantitative estimate of drug-likeness (QED) is 0.616. The van der Waals surface area contributed by atoms with Crippen molar-refractivity contribution < 1.29 is 18.3 Å². The summed E-state index contributed by atoms with van der Waals surface area (Å²) in [6.45, 7) is 0.479. The number of carbonyl (C=O) groups is 1. The van der Waals surface area contributed by atoms with Crippen molar-refractivity contribution in [3.8, 4) is 17.4 Å². The van der Waals surface area contributed by atoms with Gasteiger partial charge >= 0.3 is 6.03 Å². The van der Waals surface area contributed by atoms with Crippen LogP contribution in [0.15, 0.2) is 42.0 Å². The van der Waals surface area contributed by atoms with Gasteiger partial charge in [-0.2, -0.15) is 19.6 Å². The van der Waals surface area contributed by atoms with Crippen LogP contribution in [0, 0.1) is 11.6 Å². The lowest BCUT2D eigenvalue weighted by Gasteiger charge is -2.40. The van der Waals surface area contributed by atoms with E-state index in [1.165, 1.54) is 22.2 Å². The first-order valence-corrected chi connectivity index (χ1v) is 9.88. The van der Waals surface area contributed by atoms with E-state index in [1.807, 2.05) is 0 Å². The van der Waals surface area contributed by atoms with E-state index in [-0.39, 0.29) is 30.8 Å². The highest BCUT2D eigenvalue weighted by atomic mass is 19.1. The number of amides is 2. The maximum Gasteiger partial charge on any atom is 0.341 e. The van der Waals surface area contributed by atoms with Crippen molar-refractivity contribution >= 4 is 12.2 Å². The molecule has 0 bridgehead atoms. The van der Waals surface area contributed by atoms with Crippen molar-refractivity contribution in [1.82, 2.24) is 34.6 Å². The average molecular weight is 440 g/mol. The van der Waals surface area contributed by atoms with Gasteiger partial charge in [0.2, 0.25) is 5.82 Å². The van der Waals surface area contributed by atoms with Crippen LogP contribution in [0.4, 0.5) is 13.6 Å². The van der Waals surface area contributed by atoms with Crippen molar-refractivity contribution in [2.75, 3.05) is 13.1 Å². The standard InChI is InChI=1S/C20H18F2N8O2/c1-28-17(3-4-25-28)18-24-9-15(22)19(27-18)32-14-10-29(11-14)20(31)30-16(2-5-26-30)12-6-13(21)8-23-7-12/h3-9,14,16H,2,10-11H2,1H3/t16-/m0/s1. The number of rotatable bonds is 4. The fourth-order valence-electron chi connectivity index (χ4n) is 3.61. The molecule has 5 heterocycles. The number of likely N-dealkylation sites (tertiary alicyclic amines) is 1. The Morgan fingerprint density at radius 3 is 2.81 bits per heavy atom. The summed E-state index contributed by atoms with van der Waals surface area (Å²) >= 11 is 0. The Morgan fingerprint density at radius 2 is 2.06 bits per heavy atom. The minimum atomic E-state index is -0.691. The predicted molar refractivity (Wildman–Crippen MR) is 107 cm³/mol. The van der Waals surface area contributed by atoms with Crippen LogP contribution in [-0.2, 0) is 7.05 Å². The molecule has 32 heavy (non-hydrogen) atoms. The summed E-state index contributed by atoms with van der Waals surface area (Å²) in [6.07, 6.45) is 6.90. The van der Waals surface area contributed by atoms with Crippen LogP contribution in [-0.4, -0.2) is 66.1 Å². The molecule has 164 valence electrons. The van der Waals surface area contributed by atoms with Crippen LogP contribution < -0.4 is 4.74 Å². The van der Waals surface area contributed by atoms with Gasteiger partial charge in [-0.25, -0.2) is 19.2 Å². The molecular weight excluding hydrogens is 422 g/mol. The van der Waals surface area contributed by atoms with E-state index in [0.717, 1.165) is 12.4 Å². The maximum absolute atomic E-state index is 14.2. The van der Waals surface area contributed by atoms with Gasteiger partial charge in [0.15, 0.2) is 5.82 Å². The monoisotopic (exact) mass is 440 g/mol. The number of urea groups is 1. The zero-order valence-electron chi connectivity index (χ0n) is 17.0. The summed E-state index contributed by atoms with van der Waals surface area (Å²) in [4.78, 5) is 26.4. The number of halogens is 2. The van der Waals surface area contributed by atoms with E-state index in [9.17, 15) is 13.6 Å². The van der Waals surface area contributed by atoms with Crippen LogP contribution in [0.3, 0.4) is 0 Å². The van der Waals surface area contributed by atoms with Gasteiger partial charge in [0.05, 0.1) is 31.5 Å². The number of hydrogen-bond acceptors (Lipinski definition) is 7. The summed E-state index contributed by atoms with van der Waals surface area (Å²) in [5.74, 6) is -1.07. The minimum Gasteiger partial charge on any atom is -0.468 e. The van der Waals surface area contributed by atoms with Crippen LogP contribution in [0.5, 0.6) is 5.88 Å². The Morgan fingerprint density at radius 1 is 1.22 bits per heavy atom. The van der Waals surface area contributed by atoms with Gasteiger partial charge in [-0.3, -0.25) is 9.67 Å². The molecule has 0 aliphatic carbocycles. The predicted octanol–water partition coefficient (Wildman–Crippen LogP) is 2.17. The number of carbonyl (C=O) groups excluding carboxylic acids is 1. The summed E-state index contributed by atoms with van der Waals surface area (Å²) < 4.78 is 35.0. The Hall–Kier alpha value is -3.96. The van der Waals surface area contributed by atoms with Gasteiger partial charge in [-0.15, -0.1) is 0 Å². The second kappa shape index (κ2) is 7.94. The zero-order chi connectivity index (χ0) is 22.2. The van der Waals surface area contributed by atoms with E-state index in [0.29, 0.717) is 17.7 Å². The number of hydrogen-bond donors (Lipinski definition) is 0. The van der Waals surface area contributed by atoms with Gasteiger partial charge in [0, 0.05) is 32.1 Å². The van der Waals surface area contributed by atoms with Crippen molar-refractivity contribution in [2.24, 2.45) is 12.1 Å². The van der Waals surface area contributed by atoms with Gasteiger partial charge < -0.3 is 9.64 Å². The van der Waals surface area contributed by atoms with E-state index in [1.54, 1.807) is 30.2 Å². The Kier molecular flexibility index (Phi) is 4.96. The molecule has 10 nitrogen and oxygen atoms in total. The Bertz CT molecular complexity index is 1190. The van der Waals surface area contributed by atoms with Gasteiger partial charge in [0.1, 0.15) is 17.6 Å². The molecule has 1 saturated heterocycles. The molecule has 0 radical (unpaired) electrons. The van der Waals surface area contributed by atoms with Gasteiger partial charge in [-0.1, -0.05) is 0 Å². The molecule has 2 aliphatic rings. The molecule has 5 rings (SSSR count). The largest absolute Gasteiger partial charge is 0.468 e. The third kappa shape index (κ3) is 3.63. The highest BCUT2D eigenvalue weighted by molar-refractivity contribution is 5.79. The highest BCUT2D eigenvalue weighted by Gasteiger charge is 2.39. The first kappa shape index (κ1) is 20.0. The third-order valence-electron chi connectivity index (χ3n) is 5.30. The summed E-state index contributed by atoms with van der Waals surface area (Å²) in [5, 5.41) is 9.49. The fraction of sp³-hybridized carbons (Fsp3) is 0.300. The lowest BCUT2D eigenvalue weighted by atomic mass is 10.1. The first-order valence-electron chi connectivity index (χ1n) is 9.88. The SMILES string of the molecule is Cn1nccc1-c1ncc(F)c(OC2CN(C(=O)N3N=CC[C@H]3c3cncc(F)c3)C2)n1. The second-order valence-corrected chi connectivity index (χ2v) is 7.44. The average Bonchev–Trinajstić information content (AvgIpc) is 3.40. The molecule has 0 unspecified atom stereocenters. The molecule has 0 N–H and O–H groups in total. The van der Waals surface area contributed by atoms with Crippen LogP contribution >= 0.6 is 0 Å². The summed E-state index contributed by atoms with van der Waals surface area (Å²) in [5.41, 5.74) is 1.18. The number of hydrazone groups is 1. The first-order chi connectivity index (χ1) is 15.5. The van der Waals surface area contributed by atoms with Crippen molar-refractivity contribution in [3.05, 3.63) is 54.1 Å². The molecule has 0 saturated carbocycles. The zero-order valence-corrected chi connectivity index (χ0v) is 17.0. The van der Waals surface area contributed by atoms with Gasteiger partial charge in [-0.05, 0) is 17.7 Å². The molecule has 2 amide bonds. The second-order valence-electron chi connectivity index (χ2n) is 7.44. The number of pyridine rings is 1. The summed E-state index contributed by atoms with van der Waals surface area (Å²) in [7, 11) is 1.73. The third-order valence-corrected chi connectivity index (χ3v) is 5.30. The number of aryl methyl sites for hydroxylation is 1. The van der Waals surface area contributed by atoms with E-state index < -0.39 is 23.8 Å². The number of ether oxygens (including phenoxy) is 1. The Labute approximate surface area is 181 Å². The van der Waals surface area contributed by atoms with Crippen molar-refractivity contribution in [3.63, 3.8) is 0 Å². The van der Waals surface area contributed by atoms with E-state index in [4.69, 9.17) is 4.74 Å². The van der Waals surface area contributed by atoms with Crippen LogP contribution in [0.2, 0.25) is 0 Å². The van der Waals surface area contributed by atoms with Crippen LogP contribution in [0.1, 0.15) is 18.0 Å². The fourth-order valence-corrected chi connectivity index (χ4v) is 3.61. The normalized spacial score (nSPS) is 18.2. The number of aromatic nitrogens is 5. The van der Waals surface area contributed by atoms with Crippen molar-refractivity contribution in [2.45, 2.75) is 18.6 Å². The van der Waals surface area contributed by atoms with E-state index >= 15 is 0 Å².